The maximum Gasteiger partial charge on any atom is 0.323 e. The summed E-state index contributed by atoms with van der Waals surface area (Å²) < 4.78 is 5.21. The summed E-state index contributed by atoms with van der Waals surface area (Å²) in [4.78, 5) is 12.9. The van der Waals surface area contributed by atoms with Crippen molar-refractivity contribution in [2.75, 3.05) is 6.54 Å². The molecule has 1 rings (SSSR count). The van der Waals surface area contributed by atoms with Crippen molar-refractivity contribution in [1.82, 2.24) is 4.90 Å². The zero-order chi connectivity index (χ0) is 11.5. The second-order valence-electron chi connectivity index (χ2n) is 3.96. The van der Waals surface area contributed by atoms with E-state index < -0.39 is 11.5 Å². The van der Waals surface area contributed by atoms with E-state index in [-0.39, 0.29) is 0 Å². The molecule has 0 fully saturated rings. The number of furan rings is 1. The minimum absolute atomic E-state index is 0.517. The van der Waals surface area contributed by atoms with E-state index in [4.69, 9.17) is 9.52 Å². The van der Waals surface area contributed by atoms with Gasteiger partial charge in [0.25, 0.3) is 0 Å². The van der Waals surface area contributed by atoms with Crippen LogP contribution in [-0.4, -0.2) is 28.1 Å². The quantitative estimate of drug-likeness (QED) is 0.809. The van der Waals surface area contributed by atoms with Crippen molar-refractivity contribution in [3.05, 3.63) is 24.2 Å². The maximum absolute atomic E-state index is 11.1. The highest BCUT2D eigenvalue weighted by molar-refractivity contribution is 5.77. The summed E-state index contributed by atoms with van der Waals surface area (Å²) >= 11 is 0. The molecule has 1 N–H and O–H groups in total. The normalized spacial score (nSPS) is 12.0. The fraction of sp³-hybridized carbons (Fsp3) is 0.545. The standard InChI is InChI=1S/C11H17NO3/c1-4-12(11(2,3)10(13)14)8-9-6-5-7-15-9/h5-7H,4,8H2,1-3H3,(H,13,14). The van der Waals surface area contributed by atoms with Gasteiger partial charge in [-0.2, -0.15) is 0 Å². The van der Waals surface area contributed by atoms with Crippen molar-refractivity contribution in [2.24, 2.45) is 0 Å². The van der Waals surface area contributed by atoms with Crippen LogP contribution in [0.5, 0.6) is 0 Å². The zero-order valence-corrected chi connectivity index (χ0v) is 9.36. The van der Waals surface area contributed by atoms with Crippen LogP contribution in [0.2, 0.25) is 0 Å². The van der Waals surface area contributed by atoms with Gasteiger partial charge in [0.1, 0.15) is 11.3 Å². The monoisotopic (exact) mass is 211 g/mol. The van der Waals surface area contributed by atoms with E-state index in [9.17, 15) is 4.79 Å². The van der Waals surface area contributed by atoms with Crippen LogP contribution < -0.4 is 0 Å². The average molecular weight is 211 g/mol. The van der Waals surface area contributed by atoms with Gasteiger partial charge in [0.15, 0.2) is 0 Å². The molecule has 15 heavy (non-hydrogen) atoms. The summed E-state index contributed by atoms with van der Waals surface area (Å²) in [7, 11) is 0. The Balaban J connectivity index is 2.76. The first kappa shape index (κ1) is 11.8. The Bertz CT molecular complexity index is 317. The highest BCUT2D eigenvalue weighted by Crippen LogP contribution is 2.18. The second kappa shape index (κ2) is 4.49. The van der Waals surface area contributed by atoms with Crippen molar-refractivity contribution in [1.29, 1.82) is 0 Å². The van der Waals surface area contributed by atoms with Gasteiger partial charge in [0, 0.05) is 0 Å². The van der Waals surface area contributed by atoms with E-state index in [0.29, 0.717) is 13.1 Å². The molecule has 0 amide bonds. The lowest BCUT2D eigenvalue weighted by Gasteiger charge is -2.33. The number of carboxylic acids is 1. The molecule has 0 aliphatic rings. The highest BCUT2D eigenvalue weighted by Gasteiger charge is 2.33. The molecule has 0 atom stereocenters. The summed E-state index contributed by atoms with van der Waals surface area (Å²) in [6, 6.07) is 3.65. The van der Waals surface area contributed by atoms with Crippen molar-refractivity contribution in [3.63, 3.8) is 0 Å². The third kappa shape index (κ3) is 2.59. The molecular formula is C11H17NO3. The first-order valence-corrected chi connectivity index (χ1v) is 4.99. The number of rotatable bonds is 5. The van der Waals surface area contributed by atoms with Gasteiger partial charge in [0.05, 0.1) is 12.8 Å². The first-order chi connectivity index (χ1) is 6.98. The molecule has 1 heterocycles. The number of hydrogen-bond donors (Lipinski definition) is 1. The van der Waals surface area contributed by atoms with Crippen molar-refractivity contribution >= 4 is 5.97 Å². The first-order valence-electron chi connectivity index (χ1n) is 4.99. The Morgan fingerprint density at radius 2 is 2.27 bits per heavy atom. The predicted octanol–water partition coefficient (Wildman–Crippen LogP) is 1.96. The van der Waals surface area contributed by atoms with E-state index in [1.165, 1.54) is 0 Å². The summed E-state index contributed by atoms with van der Waals surface area (Å²) in [5, 5.41) is 9.10. The van der Waals surface area contributed by atoms with Crippen molar-refractivity contribution in [3.8, 4) is 0 Å². The Morgan fingerprint density at radius 3 is 2.67 bits per heavy atom. The third-order valence-electron chi connectivity index (χ3n) is 2.62. The number of hydrogen-bond acceptors (Lipinski definition) is 3. The van der Waals surface area contributed by atoms with Gasteiger partial charge in [-0.15, -0.1) is 0 Å². The lowest BCUT2D eigenvalue weighted by atomic mass is 10.0. The van der Waals surface area contributed by atoms with Gasteiger partial charge in [0.2, 0.25) is 0 Å². The number of carbonyl (C=O) groups is 1. The minimum Gasteiger partial charge on any atom is -0.480 e. The fourth-order valence-corrected chi connectivity index (χ4v) is 1.43. The zero-order valence-electron chi connectivity index (χ0n) is 9.36. The Kier molecular flexibility index (Phi) is 3.52. The van der Waals surface area contributed by atoms with Crippen molar-refractivity contribution < 1.29 is 14.3 Å². The van der Waals surface area contributed by atoms with Crippen LogP contribution in [0.4, 0.5) is 0 Å². The lowest BCUT2D eigenvalue weighted by molar-refractivity contribution is -0.149. The third-order valence-corrected chi connectivity index (χ3v) is 2.62. The van der Waals surface area contributed by atoms with E-state index >= 15 is 0 Å². The Morgan fingerprint density at radius 1 is 1.60 bits per heavy atom. The smallest absolute Gasteiger partial charge is 0.323 e. The summed E-state index contributed by atoms with van der Waals surface area (Å²) in [5.41, 5.74) is -0.873. The molecule has 4 nitrogen and oxygen atoms in total. The molecule has 0 radical (unpaired) electrons. The van der Waals surface area contributed by atoms with Crippen LogP contribution in [0.3, 0.4) is 0 Å². The molecule has 1 aromatic heterocycles. The molecule has 0 aromatic carbocycles. The molecule has 1 aromatic rings. The van der Waals surface area contributed by atoms with Crippen LogP contribution in [0.15, 0.2) is 22.8 Å². The molecule has 0 saturated heterocycles. The number of carboxylic acid groups (broad SMARTS) is 1. The van der Waals surface area contributed by atoms with Crippen LogP contribution in [0.1, 0.15) is 26.5 Å². The Labute approximate surface area is 89.5 Å². The summed E-state index contributed by atoms with van der Waals surface area (Å²) in [6.45, 7) is 6.51. The van der Waals surface area contributed by atoms with Crippen molar-refractivity contribution in [2.45, 2.75) is 32.9 Å². The van der Waals surface area contributed by atoms with Gasteiger partial charge < -0.3 is 9.52 Å². The van der Waals surface area contributed by atoms with Gasteiger partial charge in [-0.1, -0.05) is 6.92 Å². The van der Waals surface area contributed by atoms with E-state index in [1.807, 2.05) is 17.9 Å². The highest BCUT2D eigenvalue weighted by atomic mass is 16.4. The predicted molar refractivity (Wildman–Crippen MR) is 56.5 cm³/mol. The second-order valence-corrected chi connectivity index (χ2v) is 3.96. The molecule has 0 spiro atoms. The average Bonchev–Trinajstić information content (AvgIpc) is 2.65. The molecule has 0 aliphatic heterocycles. The molecule has 0 aliphatic carbocycles. The minimum atomic E-state index is -0.873. The van der Waals surface area contributed by atoms with Crippen LogP contribution in [0, 0.1) is 0 Å². The SMILES string of the molecule is CCN(Cc1ccco1)C(C)(C)C(=O)O. The largest absolute Gasteiger partial charge is 0.480 e. The molecule has 84 valence electrons. The Hall–Kier alpha value is -1.29. The summed E-state index contributed by atoms with van der Waals surface area (Å²) in [6.07, 6.45) is 1.59. The number of aliphatic carboxylic acids is 1. The molecule has 4 heteroatoms. The summed E-state index contributed by atoms with van der Waals surface area (Å²) in [5.74, 6) is -0.0397. The fourth-order valence-electron chi connectivity index (χ4n) is 1.43. The maximum atomic E-state index is 11.1. The molecular weight excluding hydrogens is 194 g/mol. The van der Waals surface area contributed by atoms with Gasteiger partial charge in [-0.05, 0) is 32.5 Å². The van der Waals surface area contributed by atoms with E-state index in [0.717, 1.165) is 5.76 Å². The van der Waals surface area contributed by atoms with Crippen LogP contribution in [-0.2, 0) is 11.3 Å². The molecule has 0 unspecified atom stereocenters. The van der Waals surface area contributed by atoms with Gasteiger partial charge in [-0.3, -0.25) is 9.69 Å². The molecule has 0 bridgehead atoms. The molecule has 0 saturated carbocycles. The lowest BCUT2D eigenvalue weighted by Crippen LogP contribution is -2.49. The topological polar surface area (TPSA) is 53.7 Å². The number of likely N-dealkylation sites (N-methyl/N-ethyl adjacent to an activating group) is 1. The van der Waals surface area contributed by atoms with E-state index in [2.05, 4.69) is 0 Å². The van der Waals surface area contributed by atoms with E-state index in [1.54, 1.807) is 26.2 Å². The van der Waals surface area contributed by atoms with Crippen LogP contribution >= 0.6 is 0 Å². The van der Waals surface area contributed by atoms with Crippen LogP contribution in [0.25, 0.3) is 0 Å². The van der Waals surface area contributed by atoms with Gasteiger partial charge in [-0.25, -0.2) is 0 Å². The van der Waals surface area contributed by atoms with Gasteiger partial charge >= 0.3 is 5.97 Å². The number of nitrogens with zero attached hydrogens (tertiary/aromatic N) is 1.